The number of aliphatic imine (C=N–C) groups is 1. The summed E-state index contributed by atoms with van der Waals surface area (Å²) in [5.41, 5.74) is 1.24. The zero-order valence-corrected chi connectivity index (χ0v) is 16.5. The van der Waals surface area contributed by atoms with Crippen molar-refractivity contribution in [3.8, 4) is 0 Å². The van der Waals surface area contributed by atoms with Gasteiger partial charge in [0.05, 0.1) is 6.54 Å². The van der Waals surface area contributed by atoms with Gasteiger partial charge in [-0.25, -0.2) is 4.99 Å². The van der Waals surface area contributed by atoms with E-state index in [9.17, 15) is 0 Å². The van der Waals surface area contributed by atoms with Gasteiger partial charge in [-0.3, -0.25) is 4.90 Å². The van der Waals surface area contributed by atoms with Gasteiger partial charge in [0, 0.05) is 36.9 Å². The van der Waals surface area contributed by atoms with Crippen molar-refractivity contribution in [3.05, 3.63) is 34.9 Å². The van der Waals surface area contributed by atoms with Crippen molar-refractivity contribution in [3.63, 3.8) is 0 Å². The molecule has 1 aromatic rings. The number of nitrogens with one attached hydrogen (secondary N) is 2. The lowest BCUT2D eigenvalue weighted by Gasteiger charge is -2.45. The van der Waals surface area contributed by atoms with Gasteiger partial charge < -0.3 is 15.4 Å². The van der Waals surface area contributed by atoms with Crippen molar-refractivity contribution in [2.75, 3.05) is 39.4 Å². The summed E-state index contributed by atoms with van der Waals surface area (Å²) in [6.07, 6.45) is 4.79. The molecule has 0 bridgehead atoms. The van der Waals surface area contributed by atoms with Crippen molar-refractivity contribution in [1.82, 2.24) is 15.5 Å². The normalized spacial score (nSPS) is 20.9. The molecule has 3 rings (SSSR count). The molecule has 0 unspecified atom stereocenters. The Balaban J connectivity index is 1.66. The average Bonchev–Trinajstić information content (AvgIpc) is 3.21. The van der Waals surface area contributed by atoms with E-state index >= 15 is 0 Å². The number of halogens is 1. The van der Waals surface area contributed by atoms with E-state index in [4.69, 9.17) is 21.3 Å². The standard InChI is InChI=1S/C20H31ClN4O/c1-2-22-19(23-15-17-7-3-4-8-18(17)21)24-16-20(9-13-26-14-10-20)25-11-5-6-12-25/h3-4,7-8H,2,5-6,9-16H2,1H3,(H2,22,23,24). The molecule has 144 valence electrons. The van der Waals surface area contributed by atoms with E-state index in [0.717, 1.165) is 55.7 Å². The summed E-state index contributed by atoms with van der Waals surface area (Å²) in [6.45, 7) is 8.53. The molecular formula is C20H31ClN4O. The third-order valence-corrected chi connectivity index (χ3v) is 5.86. The first-order valence-corrected chi connectivity index (χ1v) is 10.2. The van der Waals surface area contributed by atoms with Crippen LogP contribution < -0.4 is 10.6 Å². The number of guanidine groups is 1. The zero-order valence-electron chi connectivity index (χ0n) is 15.8. The Morgan fingerprint density at radius 2 is 1.92 bits per heavy atom. The van der Waals surface area contributed by atoms with E-state index in [1.54, 1.807) is 0 Å². The molecule has 0 aliphatic carbocycles. The SMILES string of the molecule is CCNC(=NCc1ccccc1Cl)NCC1(N2CCCC2)CCOCC1. The largest absolute Gasteiger partial charge is 0.381 e. The molecule has 2 aliphatic heterocycles. The lowest BCUT2D eigenvalue weighted by Crippen LogP contribution is -2.58. The molecule has 2 aliphatic rings. The molecule has 0 radical (unpaired) electrons. The molecule has 0 amide bonds. The van der Waals surface area contributed by atoms with Gasteiger partial charge >= 0.3 is 0 Å². The van der Waals surface area contributed by atoms with Crippen LogP contribution >= 0.6 is 11.6 Å². The quantitative estimate of drug-likeness (QED) is 0.590. The second-order valence-electron chi connectivity index (χ2n) is 7.17. The van der Waals surface area contributed by atoms with Gasteiger partial charge in [0.15, 0.2) is 5.96 Å². The minimum absolute atomic E-state index is 0.190. The van der Waals surface area contributed by atoms with Crippen LogP contribution in [0.4, 0.5) is 0 Å². The molecule has 1 aromatic carbocycles. The molecule has 5 nitrogen and oxygen atoms in total. The Labute approximate surface area is 162 Å². The van der Waals surface area contributed by atoms with Crippen molar-refractivity contribution in [2.24, 2.45) is 4.99 Å². The fraction of sp³-hybridized carbons (Fsp3) is 0.650. The number of hydrogen-bond acceptors (Lipinski definition) is 3. The van der Waals surface area contributed by atoms with E-state index in [1.807, 2.05) is 24.3 Å². The fourth-order valence-electron chi connectivity index (χ4n) is 3.93. The van der Waals surface area contributed by atoms with Gasteiger partial charge in [0.1, 0.15) is 0 Å². The number of benzene rings is 1. The van der Waals surface area contributed by atoms with Gasteiger partial charge in [-0.1, -0.05) is 29.8 Å². The summed E-state index contributed by atoms with van der Waals surface area (Å²) < 4.78 is 5.64. The van der Waals surface area contributed by atoms with Crippen LogP contribution in [-0.4, -0.2) is 55.8 Å². The lowest BCUT2D eigenvalue weighted by molar-refractivity contribution is -0.0164. The van der Waals surface area contributed by atoms with Gasteiger partial charge in [-0.2, -0.15) is 0 Å². The molecular weight excluding hydrogens is 348 g/mol. The summed E-state index contributed by atoms with van der Waals surface area (Å²) in [5.74, 6) is 0.859. The van der Waals surface area contributed by atoms with Crippen molar-refractivity contribution in [2.45, 2.75) is 44.7 Å². The Morgan fingerprint density at radius 1 is 1.19 bits per heavy atom. The van der Waals surface area contributed by atoms with E-state index in [0.29, 0.717) is 6.54 Å². The number of ether oxygens (including phenoxy) is 1. The van der Waals surface area contributed by atoms with Gasteiger partial charge in [-0.15, -0.1) is 0 Å². The Kier molecular flexibility index (Phi) is 7.17. The molecule has 0 atom stereocenters. The predicted octanol–water partition coefficient (Wildman–Crippen LogP) is 3.04. The van der Waals surface area contributed by atoms with Crippen molar-refractivity contribution >= 4 is 17.6 Å². The van der Waals surface area contributed by atoms with Crippen LogP contribution in [0, 0.1) is 0 Å². The highest BCUT2D eigenvalue weighted by Crippen LogP contribution is 2.30. The maximum atomic E-state index is 6.26. The fourth-order valence-corrected chi connectivity index (χ4v) is 4.12. The Morgan fingerprint density at radius 3 is 2.62 bits per heavy atom. The molecule has 0 spiro atoms. The molecule has 2 heterocycles. The molecule has 2 saturated heterocycles. The minimum Gasteiger partial charge on any atom is -0.381 e. The van der Waals surface area contributed by atoms with E-state index < -0.39 is 0 Å². The Bertz CT molecular complexity index is 595. The van der Waals surface area contributed by atoms with Crippen molar-refractivity contribution < 1.29 is 4.74 Å². The molecule has 6 heteroatoms. The molecule has 0 aromatic heterocycles. The topological polar surface area (TPSA) is 48.9 Å². The second-order valence-corrected chi connectivity index (χ2v) is 7.58. The van der Waals surface area contributed by atoms with Crippen LogP contribution in [0.15, 0.2) is 29.3 Å². The third kappa shape index (κ3) is 4.90. The maximum absolute atomic E-state index is 6.26. The van der Waals surface area contributed by atoms with Crippen molar-refractivity contribution in [1.29, 1.82) is 0 Å². The number of nitrogens with zero attached hydrogens (tertiary/aromatic N) is 2. The third-order valence-electron chi connectivity index (χ3n) is 5.49. The van der Waals surface area contributed by atoms with Gasteiger partial charge in [0.25, 0.3) is 0 Å². The molecule has 2 N–H and O–H groups in total. The smallest absolute Gasteiger partial charge is 0.191 e. The van der Waals surface area contributed by atoms with Gasteiger partial charge in [-0.05, 0) is 57.3 Å². The number of rotatable bonds is 6. The van der Waals surface area contributed by atoms with Crippen LogP contribution in [-0.2, 0) is 11.3 Å². The Hall–Kier alpha value is -1.30. The number of likely N-dealkylation sites (tertiary alicyclic amines) is 1. The summed E-state index contributed by atoms with van der Waals surface area (Å²) in [5, 5.41) is 7.73. The lowest BCUT2D eigenvalue weighted by atomic mass is 9.88. The van der Waals surface area contributed by atoms with Gasteiger partial charge in [0.2, 0.25) is 0 Å². The predicted molar refractivity (Wildman–Crippen MR) is 108 cm³/mol. The molecule has 0 saturated carbocycles. The summed E-state index contributed by atoms with van der Waals surface area (Å²) in [6, 6.07) is 7.89. The maximum Gasteiger partial charge on any atom is 0.191 e. The molecule has 2 fully saturated rings. The van der Waals surface area contributed by atoms with Crippen LogP contribution in [0.5, 0.6) is 0 Å². The first-order valence-electron chi connectivity index (χ1n) is 9.82. The monoisotopic (exact) mass is 378 g/mol. The highest BCUT2D eigenvalue weighted by molar-refractivity contribution is 6.31. The van der Waals surface area contributed by atoms with Crippen LogP contribution in [0.3, 0.4) is 0 Å². The van der Waals surface area contributed by atoms with E-state index in [-0.39, 0.29) is 5.54 Å². The first kappa shape index (κ1) is 19.5. The highest BCUT2D eigenvalue weighted by Gasteiger charge is 2.39. The summed E-state index contributed by atoms with van der Waals surface area (Å²) in [7, 11) is 0. The summed E-state index contributed by atoms with van der Waals surface area (Å²) in [4.78, 5) is 7.41. The van der Waals surface area contributed by atoms with Crippen LogP contribution in [0.2, 0.25) is 5.02 Å². The highest BCUT2D eigenvalue weighted by atomic mass is 35.5. The van der Waals surface area contributed by atoms with Crippen LogP contribution in [0.1, 0.15) is 38.2 Å². The second kappa shape index (κ2) is 9.58. The van der Waals surface area contributed by atoms with E-state index in [1.165, 1.54) is 25.9 Å². The number of hydrogen-bond donors (Lipinski definition) is 2. The summed E-state index contributed by atoms with van der Waals surface area (Å²) >= 11 is 6.26. The van der Waals surface area contributed by atoms with Crippen LogP contribution in [0.25, 0.3) is 0 Å². The molecule has 26 heavy (non-hydrogen) atoms. The zero-order chi connectivity index (χ0) is 18.2. The average molecular weight is 379 g/mol. The minimum atomic E-state index is 0.190. The first-order chi connectivity index (χ1) is 12.7. The van der Waals surface area contributed by atoms with E-state index in [2.05, 4.69) is 22.5 Å².